The lowest BCUT2D eigenvalue weighted by molar-refractivity contribution is 0.0924. The van der Waals surface area contributed by atoms with E-state index in [1.165, 1.54) is 0 Å². The van der Waals surface area contributed by atoms with Gasteiger partial charge in [0.15, 0.2) is 5.65 Å². The van der Waals surface area contributed by atoms with E-state index in [2.05, 4.69) is 33.8 Å². The van der Waals surface area contributed by atoms with E-state index in [9.17, 15) is 4.79 Å². The van der Waals surface area contributed by atoms with Gasteiger partial charge < -0.3 is 9.88 Å². The second-order valence-corrected chi connectivity index (χ2v) is 7.93. The van der Waals surface area contributed by atoms with Crippen molar-refractivity contribution in [1.29, 1.82) is 0 Å². The van der Waals surface area contributed by atoms with Crippen LogP contribution in [0.5, 0.6) is 0 Å². The van der Waals surface area contributed by atoms with E-state index >= 15 is 0 Å². The van der Waals surface area contributed by atoms with Gasteiger partial charge in [0.1, 0.15) is 5.82 Å². The van der Waals surface area contributed by atoms with Crippen molar-refractivity contribution in [3.8, 4) is 0 Å². The van der Waals surface area contributed by atoms with Crippen molar-refractivity contribution < 1.29 is 4.79 Å². The van der Waals surface area contributed by atoms with E-state index < -0.39 is 0 Å². The number of aryl methyl sites for hydroxylation is 4. The van der Waals surface area contributed by atoms with Crippen LogP contribution in [-0.2, 0) is 14.1 Å². The Labute approximate surface area is 169 Å². The summed E-state index contributed by atoms with van der Waals surface area (Å²) in [5.41, 5.74) is 4.88. The summed E-state index contributed by atoms with van der Waals surface area (Å²) in [5, 5.41) is 8.46. The van der Waals surface area contributed by atoms with Crippen LogP contribution in [0, 0.1) is 19.8 Å². The van der Waals surface area contributed by atoms with Gasteiger partial charge in [0, 0.05) is 19.8 Å². The smallest absolute Gasteiger partial charge is 0.252 e. The minimum atomic E-state index is -0.222. The summed E-state index contributed by atoms with van der Waals surface area (Å²) in [7, 11) is 3.84. The normalized spacial score (nSPS) is 12.8. The van der Waals surface area contributed by atoms with Gasteiger partial charge in [0.2, 0.25) is 0 Å². The molecule has 0 aliphatic rings. The van der Waals surface area contributed by atoms with Gasteiger partial charge in [-0.05, 0) is 38.0 Å². The Morgan fingerprint density at radius 2 is 1.83 bits per heavy atom. The fourth-order valence-electron chi connectivity index (χ4n) is 3.94. The number of amides is 1. The Bertz CT molecular complexity index is 1230. The lowest BCUT2D eigenvalue weighted by Gasteiger charge is -2.22. The molecule has 0 aliphatic carbocycles. The number of aromatic nitrogens is 5. The minimum absolute atomic E-state index is 0.137. The number of benzene rings is 1. The molecule has 0 radical (unpaired) electrons. The lowest BCUT2D eigenvalue weighted by atomic mass is 10.0. The molecule has 0 saturated heterocycles. The maximum absolute atomic E-state index is 13.4. The van der Waals surface area contributed by atoms with Gasteiger partial charge in [0.05, 0.1) is 33.7 Å². The summed E-state index contributed by atoms with van der Waals surface area (Å²) in [5.74, 6) is 0.879. The largest absolute Gasteiger partial charge is 0.342 e. The summed E-state index contributed by atoms with van der Waals surface area (Å²) in [4.78, 5) is 22.7. The number of hydrogen-bond donors (Lipinski definition) is 1. The summed E-state index contributed by atoms with van der Waals surface area (Å²) in [6.45, 7) is 7.98. The molecule has 1 atom stereocenters. The van der Waals surface area contributed by atoms with Gasteiger partial charge in [-0.3, -0.25) is 9.48 Å². The van der Waals surface area contributed by atoms with Crippen LogP contribution in [0.4, 0.5) is 0 Å². The monoisotopic (exact) mass is 390 g/mol. The predicted molar refractivity (Wildman–Crippen MR) is 114 cm³/mol. The van der Waals surface area contributed by atoms with E-state index in [4.69, 9.17) is 4.98 Å². The fraction of sp³-hybridized carbons (Fsp3) is 0.364. The molecule has 4 rings (SSSR count). The Hall–Kier alpha value is -3.22. The third-order valence-electron chi connectivity index (χ3n) is 5.39. The molecular formula is C22H26N6O. The van der Waals surface area contributed by atoms with Crippen molar-refractivity contribution in [2.24, 2.45) is 20.0 Å². The average molecular weight is 390 g/mol. The fourth-order valence-corrected chi connectivity index (χ4v) is 3.94. The zero-order valence-corrected chi connectivity index (χ0v) is 17.7. The van der Waals surface area contributed by atoms with E-state index in [0.717, 1.165) is 39.3 Å². The number of imidazole rings is 1. The zero-order chi connectivity index (χ0) is 20.9. The second-order valence-electron chi connectivity index (χ2n) is 7.93. The standard InChI is InChI=1S/C22H26N6O/c1-12(2)19(21-24-16-9-7-8-10-17(16)27(21)5)25-22(29)15-11-13(3)23-20-18(15)14(4)26-28(20)6/h7-12,19H,1-6H3,(H,25,29). The Kier molecular flexibility index (Phi) is 4.61. The minimum Gasteiger partial charge on any atom is -0.342 e. The molecule has 4 aromatic rings. The maximum Gasteiger partial charge on any atom is 0.252 e. The molecule has 7 heteroatoms. The quantitative estimate of drug-likeness (QED) is 0.578. The summed E-state index contributed by atoms with van der Waals surface area (Å²) < 4.78 is 3.78. The van der Waals surface area contributed by atoms with Crippen molar-refractivity contribution in [2.75, 3.05) is 0 Å². The SMILES string of the molecule is Cc1cc(C(=O)NC(c2nc3ccccc3n2C)C(C)C)c2c(C)nn(C)c2n1. The molecule has 0 saturated carbocycles. The van der Waals surface area contributed by atoms with Crippen LogP contribution in [0.15, 0.2) is 30.3 Å². The summed E-state index contributed by atoms with van der Waals surface area (Å²) >= 11 is 0. The number of hydrogen-bond acceptors (Lipinski definition) is 4. The summed E-state index contributed by atoms with van der Waals surface area (Å²) in [6, 6.07) is 9.62. The van der Waals surface area contributed by atoms with E-state index in [-0.39, 0.29) is 17.9 Å². The van der Waals surface area contributed by atoms with Crippen LogP contribution in [0.25, 0.3) is 22.1 Å². The zero-order valence-electron chi connectivity index (χ0n) is 17.7. The van der Waals surface area contributed by atoms with Gasteiger partial charge in [-0.15, -0.1) is 0 Å². The number of pyridine rings is 1. The van der Waals surface area contributed by atoms with E-state index in [1.54, 1.807) is 4.68 Å². The number of carbonyl (C=O) groups excluding carboxylic acids is 1. The van der Waals surface area contributed by atoms with E-state index in [1.807, 2.05) is 58.3 Å². The first-order valence-corrected chi connectivity index (χ1v) is 9.81. The first-order chi connectivity index (χ1) is 13.8. The number of fused-ring (bicyclic) bond motifs is 2. The molecule has 0 fully saturated rings. The van der Waals surface area contributed by atoms with Crippen LogP contribution in [0.1, 0.15) is 47.5 Å². The number of nitrogens with zero attached hydrogens (tertiary/aromatic N) is 5. The van der Waals surface area contributed by atoms with Crippen LogP contribution >= 0.6 is 0 Å². The highest BCUT2D eigenvalue weighted by atomic mass is 16.1. The molecule has 3 heterocycles. The molecule has 7 nitrogen and oxygen atoms in total. The van der Waals surface area contributed by atoms with Crippen LogP contribution < -0.4 is 5.32 Å². The highest BCUT2D eigenvalue weighted by Gasteiger charge is 2.26. The Morgan fingerprint density at radius 1 is 1.10 bits per heavy atom. The van der Waals surface area contributed by atoms with E-state index in [0.29, 0.717) is 5.56 Å². The van der Waals surface area contributed by atoms with Crippen LogP contribution in [0.2, 0.25) is 0 Å². The molecule has 1 unspecified atom stereocenters. The summed E-state index contributed by atoms with van der Waals surface area (Å²) in [6.07, 6.45) is 0. The molecular weight excluding hydrogens is 364 g/mol. The molecule has 150 valence electrons. The Balaban J connectivity index is 1.78. The first-order valence-electron chi connectivity index (χ1n) is 9.81. The third-order valence-corrected chi connectivity index (χ3v) is 5.39. The molecule has 1 amide bonds. The molecule has 1 aromatic carbocycles. The maximum atomic E-state index is 13.4. The molecule has 0 aliphatic heterocycles. The first kappa shape index (κ1) is 19.1. The van der Waals surface area contributed by atoms with Gasteiger partial charge in [0.25, 0.3) is 5.91 Å². The number of nitrogens with one attached hydrogen (secondary N) is 1. The molecule has 1 N–H and O–H groups in total. The van der Waals surface area contributed by atoms with Crippen molar-refractivity contribution in [1.82, 2.24) is 29.6 Å². The number of rotatable bonds is 4. The highest BCUT2D eigenvalue weighted by Crippen LogP contribution is 2.27. The van der Waals surface area contributed by atoms with Gasteiger partial charge in [-0.25, -0.2) is 9.97 Å². The van der Waals surface area contributed by atoms with Gasteiger partial charge in [-0.2, -0.15) is 5.10 Å². The molecule has 0 spiro atoms. The number of para-hydroxylation sites is 2. The van der Waals surface area contributed by atoms with Crippen molar-refractivity contribution in [3.63, 3.8) is 0 Å². The van der Waals surface area contributed by atoms with Crippen molar-refractivity contribution in [3.05, 3.63) is 53.1 Å². The second kappa shape index (κ2) is 6.99. The van der Waals surface area contributed by atoms with Crippen LogP contribution in [0.3, 0.4) is 0 Å². The number of carbonyl (C=O) groups is 1. The molecule has 29 heavy (non-hydrogen) atoms. The topological polar surface area (TPSA) is 77.6 Å². The predicted octanol–water partition coefficient (Wildman–Crippen LogP) is 3.60. The highest BCUT2D eigenvalue weighted by molar-refractivity contribution is 6.06. The van der Waals surface area contributed by atoms with Gasteiger partial charge in [-0.1, -0.05) is 26.0 Å². The Morgan fingerprint density at radius 3 is 2.52 bits per heavy atom. The third kappa shape index (κ3) is 3.16. The van der Waals surface area contributed by atoms with Crippen molar-refractivity contribution >= 4 is 28.0 Å². The lowest BCUT2D eigenvalue weighted by Crippen LogP contribution is -2.33. The van der Waals surface area contributed by atoms with Crippen LogP contribution in [-0.4, -0.2) is 30.2 Å². The molecule has 0 bridgehead atoms. The average Bonchev–Trinajstić information content (AvgIpc) is 3.15. The van der Waals surface area contributed by atoms with Gasteiger partial charge >= 0.3 is 0 Å². The van der Waals surface area contributed by atoms with Crippen molar-refractivity contribution in [2.45, 2.75) is 33.7 Å². The molecule has 3 aromatic heterocycles.